The van der Waals surface area contributed by atoms with Crippen LogP contribution in [0.3, 0.4) is 0 Å². The van der Waals surface area contributed by atoms with E-state index in [9.17, 15) is 0 Å². The topological polar surface area (TPSA) is 38.0 Å². The van der Waals surface area contributed by atoms with Gasteiger partial charge in [-0.25, -0.2) is 0 Å². The number of rotatable bonds is 4. The second kappa shape index (κ2) is 5.72. The van der Waals surface area contributed by atoms with Crippen LogP contribution in [0.4, 0.5) is 0 Å². The molecule has 3 heteroatoms. The van der Waals surface area contributed by atoms with Gasteiger partial charge >= 0.3 is 0 Å². The van der Waals surface area contributed by atoms with Gasteiger partial charge in [-0.2, -0.15) is 0 Å². The van der Waals surface area contributed by atoms with Crippen LogP contribution in [0.5, 0.6) is 0 Å². The fraction of sp³-hybridized carbons (Fsp3) is 0.733. The average molecular weight is 266 g/mol. The van der Waals surface area contributed by atoms with E-state index in [0.29, 0.717) is 11.5 Å². The van der Waals surface area contributed by atoms with Crippen molar-refractivity contribution >= 4 is 11.3 Å². The average Bonchev–Trinajstić information content (AvgIpc) is 2.71. The minimum Gasteiger partial charge on any atom is -0.271 e. The van der Waals surface area contributed by atoms with E-state index in [1.165, 1.54) is 37.0 Å². The van der Waals surface area contributed by atoms with Gasteiger partial charge in [0.1, 0.15) is 0 Å². The molecule has 1 aromatic heterocycles. The lowest BCUT2D eigenvalue weighted by molar-refractivity contribution is 0.335. The number of thiophene rings is 1. The number of hydrogen-bond acceptors (Lipinski definition) is 3. The normalized spacial score (nSPS) is 17.6. The first-order valence-electron chi connectivity index (χ1n) is 7.07. The molecule has 1 atom stereocenters. The van der Waals surface area contributed by atoms with Crippen LogP contribution in [-0.2, 0) is 12.8 Å². The second-order valence-corrected chi connectivity index (χ2v) is 7.79. The van der Waals surface area contributed by atoms with Crippen LogP contribution in [0.15, 0.2) is 6.07 Å². The first-order chi connectivity index (χ1) is 8.49. The molecule has 0 fully saturated rings. The summed E-state index contributed by atoms with van der Waals surface area (Å²) in [5.41, 5.74) is 4.97. The summed E-state index contributed by atoms with van der Waals surface area (Å²) in [6.07, 6.45) is 7.57. The third kappa shape index (κ3) is 3.56. The van der Waals surface area contributed by atoms with Gasteiger partial charge in [0.2, 0.25) is 0 Å². The molecule has 0 radical (unpaired) electrons. The molecular formula is C15H26N2S. The predicted octanol–water partition coefficient (Wildman–Crippen LogP) is 3.96. The van der Waals surface area contributed by atoms with Crippen molar-refractivity contribution in [3.8, 4) is 0 Å². The van der Waals surface area contributed by atoms with E-state index in [1.807, 2.05) is 11.3 Å². The molecule has 1 aliphatic carbocycles. The van der Waals surface area contributed by atoms with E-state index in [2.05, 4.69) is 32.3 Å². The van der Waals surface area contributed by atoms with Gasteiger partial charge in [-0.05, 0) is 55.6 Å². The summed E-state index contributed by atoms with van der Waals surface area (Å²) in [6, 6.07) is 2.73. The highest BCUT2D eigenvalue weighted by molar-refractivity contribution is 7.12. The van der Waals surface area contributed by atoms with Gasteiger partial charge < -0.3 is 0 Å². The Balaban J connectivity index is 2.05. The Morgan fingerprint density at radius 2 is 2.06 bits per heavy atom. The van der Waals surface area contributed by atoms with Crippen LogP contribution < -0.4 is 11.3 Å². The molecule has 1 heterocycles. The summed E-state index contributed by atoms with van der Waals surface area (Å²) in [7, 11) is 0. The molecule has 2 nitrogen and oxygen atoms in total. The highest BCUT2D eigenvalue weighted by Crippen LogP contribution is 2.35. The molecule has 0 amide bonds. The van der Waals surface area contributed by atoms with Crippen LogP contribution >= 0.6 is 11.3 Å². The molecule has 0 aliphatic heterocycles. The zero-order valence-corrected chi connectivity index (χ0v) is 12.7. The van der Waals surface area contributed by atoms with Gasteiger partial charge in [-0.1, -0.05) is 20.8 Å². The summed E-state index contributed by atoms with van der Waals surface area (Å²) < 4.78 is 0. The largest absolute Gasteiger partial charge is 0.271 e. The lowest BCUT2D eigenvalue weighted by Gasteiger charge is -2.22. The molecule has 18 heavy (non-hydrogen) atoms. The molecule has 1 aromatic rings. The van der Waals surface area contributed by atoms with Crippen molar-refractivity contribution < 1.29 is 0 Å². The fourth-order valence-electron chi connectivity index (χ4n) is 2.57. The van der Waals surface area contributed by atoms with Crippen molar-refractivity contribution in [3.05, 3.63) is 21.4 Å². The molecule has 2 rings (SSSR count). The molecule has 0 bridgehead atoms. The van der Waals surface area contributed by atoms with Gasteiger partial charge in [-0.3, -0.25) is 11.3 Å². The highest BCUT2D eigenvalue weighted by atomic mass is 32.1. The first kappa shape index (κ1) is 14.0. The van der Waals surface area contributed by atoms with E-state index in [1.54, 1.807) is 10.4 Å². The van der Waals surface area contributed by atoms with Crippen molar-refractivity contribution in [2.75, 3.05) is 0 Å². The van der Waals surface area contributed by atoms with Crippen LogP contribution in [0, 0.1) is 5.41 Å². The molecular weight excluding hydrogens is 240 g/mol. The van der Waals surface area contributed by atoms with Crippen LogP contribution in [0.25, 0.3) is 0 Å². The van der Waals surface area contributed by atoms with Crippen molar-refractivity contribution in [1.29, 1.82) is 0 Å². The summed E-state index contributed by atoms with van der Waals surface area (Å²) in [5.74, 6) is 5.75. The maximum absolute atomic E-state index is 5.75. The van der Waals surface area contributed by atoms with Crippen molar-refractivity contribution in [2.24, 2.45) is 11.3 Å². The maximum atomic E-state index is 5.75. The maximum Gasteiger partial charge on any atom is 0.0553 e. The van der Waals surface area contributed by atoms with Crippen LogP contribution in [0.2, 0.25) is 0 Å². The Morgan fingerprint density at radius 3 is 2.67 bits per heavy atom. The highest BCUT2D eigenvalue weighted by Gasteiger charge is 2.20. The van der Waals surface area contributed by atoms with E-state index in [4.69, 9.17) is 5.84 Å². The van der Waals surface area contributed by atoms with Gasteiger partial charge in [0.15, 0.2) is 0 Å². The van der Waals surface area contributed by atoms with Crippen LogP contribution in [0.1, 0.15) is 67.8 Å². The number of fused-ring (bicyclic) bond motifs is 1. The lowest BCUT2D eigenvalue weighted by Crippen LogP contribution is -2.28. The number of hydrogen-bond donors (Lipinski definition) is 2. The van der Waals surface area contributed by atoms with Gasteiger partial charge in [0, 0.05) is 9.75 Å². The zero-order valence-electron chi connectivity index (χ0n) is 11.9. The molecule has 0 spiro atoms. The smallest absolute Gasteiger partial charge is 0.0553 e. The summed E-state index contributed by atoms with van der Waals surface area (Å²) in [5, 5.41) is 0. The third-order valence-corrected chi connectivity index (χ3v) is 5.09. The number of nitrogens with one attached hydrogen (secondary N) is 1. The Bertz CT molecular complexity index is 366. The molecule has 0 saturated heterocycles. The van der Waals surface area contributed by atoms with Gasteiger partial charge in [-0.15, -0.1) is 11.3 Å². The monoisotopic (exact) mass is 266 g/mol. The number of hydrazine groups is 1. The molecule has 3 N–H and O–H groups in total. The summed E-state index contributed by atoms with van der Waals surface area (Å²) in [4.78, 5) is 3.04. The molecule has 1 unspecified atom stereocenters. The van der Waals surface area contributed by atoms with Crippen molar-refractivity contribution in [2.45, 2.75) is 65.3 Å². The molecule has 102 valence electrons. The minimum atomic E-state index is 0.333. The predicted molar refractivity (Wildman–Crippen MR) is 79.7 cm³/mol. The minimum absolute atomic E-state index is 0.333. The number of aryl methyl sites for hydroxylation is 2. The Labute approximate surface area is 115 Å². The SMILES string of the molecule is CC(C)(C)CCC(NN)c1cc2c(s1)CCCC2. The molecule has 0 aromatic carbocycles. The van der Waals surface area contributed by atoms with Gasteiger partial charge in [0.05, 0.1) is 6.04 Å². The zero-order chi connectivity index (χ0) is 13.2. The first-order valence-corrected chi connectivity index (χ1v) is 7.89. The van der Waals surface area contributed by atoms with Crippen LogP contribution in [-0.4, -0.2) is 0 Å². The van der Waals surface area contributed by atoms with Crippen molar-refractivity contribution in [1.82, 2.24) is 5.43 Å². The Kier molecular flexibility index (Phi) is 4.46. The lowest BCUT2D eigenvalue weighted by atomic mass is 9.88. The summed E-state index contributed by atoms with van der Waals surface area (Å²) >= 11 is 1.98. The van der Waals surface area contributed by atoms with Crippen molar-refractivity contribution in [3.63, 3.8) is 0 Å². The van der Waals surface area contributed by atoms with E-state index in [-0.39, 0.29) is 0 Å². The Hall–Kier alpha value is -0.380. The standard InChI is InChI=1S/C15H26N2S/c1-15(2,3)9-8-12(17-16)14-10-11-6-4-5-7-13(11)18-14/h10,12,17H,4-9,16H2,1-3H3. The number of nitrogens with two attached hydrogens (primary N) is 1. The van der Waals surface area contributed by atoms with E-state index < -0.39 is 0 Å². The fourth-order valence-corrected chi connectivity index (χ4v) is 3.92. The second-order valence-electron chi connectivity index (χ2n) is 6.62. The molecule has 1 aliphatic rings. The third-order valence-electron chi connectivity index (χ3n) is 3.74. The summed E-state index contributed by atoms with van der Waals surface area (Å²) in [6.45, 7) is 6.88. The van der Waals surface area contributed by atoms with Gasteiger partial charge in [0.25, 0.3) is 0 Å². The molecule has 0 saturated carbocycles. The van der Waals surface area contributed by atoms with E-state index in [0.717, 1.165) is 6.42 Å². The van der Waals surface area contributed by atoms with E-state index >= 15 is 0 Å². The quantitative estimate of drug-likeness (QED) is 0.639. The Morgan fingerprint density at radius 1 is 1.33 bits per heavy atom.